The Morgan fingerprint density at radius 1 is 1.40 bits per heavy atom. The first-order valence-corrected chi connectivity index (χ1v) is 7.85. The van der Waals surface area contributed by atoms with E-state index in [4.69, 9.17) is 5.26 Å². The molecule has 20 heavy (non-hydrogen) atoms. The lowest BCUT2D eigenvalue weighted by atomic mass is 9.91. The number of carbonyl (C=O) groups excluding carboxylic acids is 1. The lowest BCUT2D eigenvalue weighted by molar-refractivity contribution is -0.130. The zero-order chi connectivity index (χ0) is 14.8. The van der Waals surface area contributed by atoms with E-state index < -0.39 is 0 Å². The first-order valence-electron chi connectivity index (χ1n) is 7.85. The summed E-state index contributed by atoms with van der Waals surface area (Å²) in [5.41, 5.74) is -0.246. The molecule has 0 aromatic rings. The highest BCUT2D eigenvalue weighted by Gasteiger charge is 2.35. The standard InChI is InChI=1S/C16H27N3O/c1-13(20)19(14-6-7-14)11-15-5-4-9-18(15)10-8-16(2,3)12-17/h14-15H,4-11H2,1-3H3. The molecule has 0 spiro atoms. The van der Waals surface area contributed by atoms with E-state index in [1.807, 2.05) is 13.8 Å². The van der Waals surface area contributed by atoms with Gasteiger partial charge < -0.3 is 4.90 Å². The largest absolute Gasteiger partial charge is 0.338 e. The Kier molecular flexibility index (Phi) is 4.70. The molecule has 0 N–H and O–H groups in total. The fourth-order valence-corrected chi connectivity index (χ4v) is 3.02. The summed E-state index contributed by atoms with van der Waals surface area (Å²) >= 11 is 0. The molecule has 2 aliphatic rings. The summed E-state index contributed by atoms with van der Waals surface area (Å²) in [6, 6.07) is 3.38. The van der Waals surface area contributed by atoms with Crippen LogP contribution in [0.4, 0.5) is 0 Å². The van der Waals surface area contributed by atoms with E-state index in [2.05, 4.69) is 15.9 Å². The SMILES string of the molecule is CC(=O)N(CC1CCCN1CCC(C)(C)C#N)C1CC1. The van der Waals surface area contributed by atoms with E-state index >= 15 is 0 Å². The molecule has 4 heteroatoms. The maximum absolute atomic E-state index is 11.7. The molecular formula is C16H27N3O. The van der Waals surface area contributed by atoms with Crippen molar-refractivity contribution in [2.45, 2.75) is 65.0 Å². The number of amides is 1. The van der Waals surface area contributed by atoms with Crippen molar-refractivity contribution in [2.24, 2.45) is 5.41 Å². The summed E-state index contributed by atoms with van der Waals surface area (Å²) in [4.78, 5) is 16.3. The normalized spacial score (nSPS) is 23.6. The van der Waals surface area contributed by atoms with Crippen molar-refractivity contribution in [2.75, 3.05) is 19.6 Å². The van der Waals surface area contributed by atoms with E-state index in [1.165, 1.54) is 25.7 Å². The number of likely N-dealkylation sites (tertiary alicyclic amines) is 1. The van der Waals surface area contributed by atoms with Crippen LogP contribution in [-0.2, 0) is 4.79 Å². The highest BCUT2D eigenvalue weighted by molar-refractivity contribution is 5.74. The average Bonchev–Trinajstić information content (AvgIpc) is 3.13. The van der Waals surface area contributed by atoms with Crippen molar-refractivity contribution in [1.82, 2.24) is 9.80 Å². The summed E-state index contributed by atoms with van der Waals surface area (Å²) in [5, 5.41) is 9.11. The van der Waals surface area contributed by atoms with Crippen LogP contribution in [0.25, 0.3) is 0 Å². The molecule has 1 aliphatic carbocycles. The van der Waals surface area contributed by atoms with Gasteiger partial charge in [0.25, 0.3) is 0 Å². The second kappa shape index (κ2) is 6.13. The molecule has 4 nitrogen and oxygen atoms in total. The minimum absolute atomic E-state index is 0.219. The van der Waals surface area contributed by atoms with Crippen molar-refractivity contribution >= 4 is 5.91 Å². The van der Waals surface area contributed by atoms with Gasteiger partial charge in [0, 0.05) is 25.6 Å². The first kappa shape index (κ1) is 15.3. The van der Waals surface area contributed by atoms with Gasteiger partial charge in [-0.05, 0) is 59.0 Å². The zero-order valence-electron chi connectivity index (χ0n) is 13.1. The van der Waals surface area contributed by atoms with Crippen LogP contribution in [0.1, 0.15) is 52.9 Å². The Hall–Kier alpha value is -1.08. The van der Waals surface area contributed by atoms with Gasteiger partial charge >= 0.3 is 0 Å². The van der Waals surface area contributed by atoms with Gasteiger partial charge in [-0.2, -0.15) is 5.26 Å². The Balaban J connectivity index is 1.87. The van der Waals surface area contributed by atoms with Crippen LogP contribution in [-0.4, -0.2) is 47.4 Å². The van der Waals surface area contributed by atoms with Gasteiger partial charge in [0.15, 0.2) is 0 Å². The van der Waals surface area contributed by atoms with Crippen LogP contribution in [0, 0.1) is 16.7 Å². The van der Waals surface area contributed by atoms with Crippen LogP contribution < -0.4 is 0 Å². The van der Waals surface area contributed by atoms with Gasteiger partial charge in [-0.3, -0.25) is 9.69 Å². The highest BCUT2D eigenvalue weighted by Crippen LogP contribution is 2.30. The second-order valence-corrected chi connectivity index (χ2v) is 6.98. The topological polar surface area (TPSA) is 47.3 Å². The molecule has 112 valence electrons. The summed E-state index contributed by atoms with van der Waals surface area (Å²) in [5.74, 6) is 0.219. The van der Waals surface area contributed by atoms with E-state index in [9.17, 15) is 4.79 Å². The number of rotatable bonds is 6. The van der Waals surface area contributed by atoms with Crippen molar-refractivity contribution in [1.29, 1.82) is 5.26 Å². The maximum atomic E-state index is 11.7. The highest BCUT2D eigenvalue weighted by atomic mass is 16.2. The third kappa shape index (κ3) is 3.96. The molecule has 1 amide bonds. The Morgan fingerprint density at radius 2 is 2.10 bits per heavy atom. The van der Waals surface area contributed by atoms with Crippen LogP contribution in [0.15, 0.2) is 0 Å². The van der Waals surface area contributed by atoms with Gasteiger partial charge in [-0.15, -0.1) is 0 Å². The molecule has 0 radical (unpaired) electrons. The van der Waals surface area contributed by atoms with Gasteiger partial charge in [0.2, 0.25) is 5.91 Å². The monoisotopic (exact) mass is 277 g/mol. The number of hydrogen-bond acceptors (Lipinski definition) is 3. The zero-order valence-corrected chi connectivity index (χ0v) is 13.1. The van der Waals surface area contributed by atoms with Crippen LogP contribution in [0.3, 0.4) is 0 Å². The quantitative estimate of drug-likeness (QED) is 0.749. The van der Waals surface area contributed by atoms with Gasteiger partial charge in [0.05, 0.1) is 11.5 Å². The Bertz CT molecular complexity index is 395. The third-order valence-electron chi connectivity index (χ3n) is 4.63. The minimum atomic E-state index is -0.246. The van der Waals surface area contributed by atoms with Crippen molar-refractivity contribution in [3.8, 4) is 6.07 Å². The molecule has 1 aliphatic heterocycles. The maximum Gasteiger partial charge on any atom is 0.219 e. The third-order valence-corrected chi connectivity index (χ3v) is 4.63. The molecule has 1 atom stereocenters. The van der Waals surface area contributed by atoms with E-state index in [1.54, 1.807) is 6.92 Å². The summed E-state index contributed by atoms with van der Waals surface area (Å²) in [7, 11) is 0. The number of nitriles is 1. The van der Waals surface area contributed by atoms with Gasteiger partial charge in [-0.25, -0.2) is 0 Å². The van der Waals surface area contributed by atoms with Gasteiger partial charge in [-0.1, -0.05) is 0 Å². The van der Waals surface area contributed by atoms with Crippen LogP contribution in [0.5, 0.6) is 0 Å². The lowest BCUT2D eigenvalue weighted by Crippen LogP contribution is -2.44. The molecule has 1 unspecified atom stereocenters. The fraction of sp³-hybridized carbons (Fsp3) is 0.875. The van der Waals surface area contributed by atoms with Crippen molar-refractivity contribution in [3.05, 3.63) is 0 Å². The molecule has 0 aromatic heterocycles. The van der Waals surface area contributed by atoms with Gasteiger partial charge in [0.1, 0.15) is 0 Å². The number of carbonyl (C=O) groups is 1. The predicted octanol–water partition coefficient (Wildman–Crippen LogP) is 2.40. The fourth-order valence-electron chi connectivity index (χ4n) is 3.02. The smallest absolute Gasteiger partial charge is 0.219 e. The molecule has 0 bridgehead atoms. The molecule has 1 saturated heterocycles. The number of nitrogens with zero attached hydrogens (tertiary/aromatic N) is 3. The van der Waals surface area contributed by atoms with Crippen molar-refractivity contribution < 1.29 is 4.79 Å². The summed E-state index contributed by atoms with van der Waals surface area (Å²) < 4.78 is 0. The van der Waals surface area contributed by atoms with Crippen molar-refractivity contribution in [3.63, 3.8) is 0 Å². The molecule has 2 fully saturated rings. The van der Waals surface area contributed by atoms with Crippen LogP contribution >= 0.6 is 0 Å². The summed E-state index contributed by atoms with van der Waals surface area (Å²) in [6.45, 7) is 8.67. The molecular weight excluding hydrogens is 250 g/mol. The average molecular weight is 277 g/mol. The Morgan fingerprint density at radius 3 is 2.65 bits per heavy atom. The minimum Gasteiger partial charge on any atom is -0.338 e. The molecule has 0 aromatic carbocycles. The second-order valence-electron chi connectivity index (χ2n) is 6.98. The molecule has 2 rings (SSSR count). The predicted molar refractivity (Wildman–Crippen MR) is 79.0 cm³/mol. The van der Waals surface area contributed by atoms with E-state index in [0.717, 1.165) is 26.1 Å². The number of hydrogen-bond donors (Lipinski definition) is 0. The van der Waals surface area contributed by atoms with Crippen LogP contribution in [0.2, 0.25) is 0 Å². The Labute approximate surface area is 122 Å². The van der Waals surface area contributed by atoms with E-state index in [-0.39, 0.29) is 11.3 Å². The molecule has 1 saturated carbocycles. The first-order chi connectivity index (χ1) is 9.43. The molecule has 1 heterocycles. The van der Waals surface area contributed by atoms with E-state index in [0.29, 0.717) is 12.1 Å². The lowest BCUT2D eigenvalue weighted by Gasteiger charge is -2.31. The summed E-state index contributed by atoms with van der Waals surface area (Å²) in [6.07, 6.45) is 5.66.